The monoisotopic (exact) mass is 310 g/mol. The first kappa shape index (κ1) is 15.5. The molecule has 0 spiro atoms. The average molecular weight is 310 g/mol. The molecule has 0 atom stereocenters. The van der Waals surface area contributed by atoms with E-state index in [4.69, 9.17) is 5.11 Å². The second-order valence-corrected chi connectivity index (χ2v) is 4.20. The van der Waals surface area contributed by atoms with Gasteiger partial charge in [0.1, 0.15) is 5.69 Å². The third kappa shape index (κ3) is 3.22. The van der Waals surface area contributed by atoms with Crippen molar-refractivity contribution in [3.63, 3.8) is 0 Å². The summed E-state index contributed by atoms with van der Waals surface area (Å²) in [6.07, 6.45) is -3.47. The minimum atomic E-state index is -4.65. The highest BCUT2D eigenvalue weighted by molar-refractivity contribution is 6.09. The number of nitrogens with zero attached hydrogens (tertiary/aromatic N) is 1. The summed E-state index contributed by atoms with van der Waals surface area (Å²) >= 11 is 0. The zero-order valence-corrected chi connectivity index (χ0v) is 10.9. The lowest BCUT2D eigenvalue weighted by Crippen LogP contribution is -2.20. The summed E-state index contributed by atoms with van der Waals surface area (Å²) < 4.78 is 38.5. The van der Waals surface area contributed by atoms with Crippen molar-refractivity contribution in [1.82, 2.24) is 4.98 Å². The number of aromatic nitrogens is 1. The Morgan fingerprint density at radius 1 is 1.09 bits per heavy atom. The molecule has 2 N–H and O–H groups in total. The summed E-state index contributed by atoms with van der Waals surface area (Å²) in [7, 11) is 0. The number of carboxylic acid groups (broad SMARTS) is 1. The van der Waals surface area contributed by atoms with Gasteiger partial charge in [-0.05, 0) is 24.3 Å². The van der Waals surface area contributed by atoms with Crippen molar-refractivity contribution in [2.75, 3.05) is 5.32 Å². The first-order valence-corrected chi connectivity index (χ1v) is 5.96. The number of nitrogens with one attached hydrogen (secondary N) is 1. The van der Waals surface area contributed by atoms with Crippen LogP contribution >= 0.6 is 0 Å². The lowest BCUT2D eigenvalue weighted by atomic mass is 10.1. The summed E-state index contributed by atoms with van der Waals surface area (Å²) in [4.78, 5) is 26.6. The Bertz CT molecular complexity index is 729. The number of carbonyl (C=O) groups is 2. The molecule has 0 bridgehead atoms. The van der Waals surface area contributed by atoms with Gasteiger partial charge in [-0.1, -0.05) is 12.1 Å². The topological polar surface area (TPSA) is 79.3 Å². The van der Waals surface area contributed by atoms with E-state index in [1.165, 1.54) is 24.4 Å². The number of hydrogen-bond acceptors (Lipinski definition) is 3. The van der Waals surface area contributed by atoms with Crippen LogP contribution in [0.2, 0.25) is 0 Å². The zero-order valence-electron chi connectivity index (χ0n) is 10.9. The molecule has 0 aliphatic carbocycles. The van der Waals surface area contributed by atoms with Gasteiger partial charge in [0, 0.05) is 6.20 Å². The molecule has 0 aliphatic rings. The van der Waals surface area contributed by atoms with Crippen molar-refractivity contribution in [3.8, 4) is 0 Å². The summed E-state index contributed by atoms with van der Waals surface area (Å²) in [6.45, 7) is 0. The zero-order chi connectivity index (χ0) is 16.3. The van der Waals surface area contributed by atoms with E-state index in [1.54, 1.807) is 0 Å². The van der Waals surface area contributed by atoms with Gasteiger partial charge in [0.2, 0.25) is 0 Å². The molecule has 22 heavy (non-hydrogen) atoms. The van der Waals surface area contributed by atoms with Gasteiger partial charge in [0.25, 0.3) is 5.91 Å². The molecule has 2 rings (SSSR count). The smallest absolute Gasteiger partial charge is 0.418 e. The average Bonchev–Trinajstić information content (AvgIpc) is 2.46. The van der Waals surface area contributed by atoms with Crippen LogP contribution in [0.4, 0.5) is 18.9 Å². The van der Waals surface area contributed by atoms with Crippen LogP contribution < -0.4 is 5.32 Å². The van der Waals surface area contributed by atoms with Crippen molar-refractivity contribution >= 4 is 17.6 Å². The molecule has 1 aromatic carbocycles. The van der Waals surface area contributed by atoms with E-state index in [1.807, 2.05) is 5.32 Å². The molecule has 1 heterocycles. The summed E-state index contributed by atoms with van der Waals surface area (Å²) in [6, 6.07) is 6.84. The van der Waals surface area contributed by atoms with Crippen molar-refractivity contribution in [2.45, 2.75) is 6.18 Å². The van der Waals surface area contributed by atoms with Crippen molar-refractivity contribution in [1.29, 1.82) is 0 Å². The highest BCUT2D eigenvalue weighted by Crippen LogP contribution is 2.34. The van der Waals surface area contributed by atoms with Crippen LogP contribution in [0, 0.1) is 0 Å². The third-order valence-electron chi connectivity index (χ3n) is 2.73. The Morgan fingerprint density at radius 3 is 2.41 bits per heavy atom. The summed E-state index contributed by atoms with van der Waals surface area (Å²) in [5, 5.41) is 11.0. The van der Waals surface area contributed by atoms with E-state index in [9.17, 15) is 22.8 Å². The predicted molar refractivity (Wildman–Crippen MR) is 70.6 cm³/mol. The molecule has 0 saturated carbocycles. The van der Waals surface area contributed by atoms with E-state index >= 15 is 0 Å². The number of pyridine rings is 1. The Balaban J connectivity index is 2.37. The quantitative estimate of drug-likeness (QED) is 0.913. The maximum atomic E-state index is 12.8. The van der Waals surface area contributed by atoms with Crippen molar-refractivity contribution in [2.24, 2.45) is 0 Å². The van der Waals surface area contributed by atoms with Gasteiger partial charge in [-0.15, -0.1) is 0 Å². The minimum absolute atomic E-state index is 0.399. The number of rotatable bonds is 3. The van der Waals surface area contributed by atoms with Gasteiger partial charge in [-0.3, -0.25) is 9.78 Å². The molecule has 2 aromatic rings. The molecule has 0 aliphatic heterocycles. The molecule has 0 unspecified atom stereocenters. The number of carbonyl (C=O) groups excluding carboxylic acids is 1. The van der Waals surface area contributed by atoms with Crippen molar-refractivity contribution < 1.29 is 27.9 Å². The number of alkyl halides is 3. The molecular formula is C14H9F3N2O3. The van der Waals surface area contributed by atoms with Gasteiger partial charge in [0.05, 0.1) is 16.8 Å². The normalized spacial score (nSPS) is 11.0. The van der Waals surface area contributed by atoms with Gasteiger partial charge < -0.3 is 10.4 Å². The van der Waals surface area contributed by atoms with Gasteiger partial charge in [-0.25, -0.2) is 4.79 Å². The number of amides is 1. The Labute approximate surface area is 122 Å². The molecule has 1 amide bonds. The number of hydrogen-bond donors (Lipinski definition) is 2. The second-order valence-electron chi connectivity index (χ2n) is 4.20. The fraction of sp³-hybridized carbons (Fsp3) is 0.0714. The van der Waals surface area contributed by atoms with Gasteiger partial charge in [0.15, 0.2) is 0 Å². The number of para-hydroxylation sites is 1. The van der Waals surface area contributed by atoms with Crippen LogP contribution in [-0.4, -0.2) is 22.0 Å². The molecule has 114 valence electrons. The Morgan fingerprint density at radius 2 is 1.77 bits per heavy atom. The highest BCUT2D eigenvalue weighted by atomic mass is 19.4. The van der Waals surface area contributed by atoms with E-state index in [2.05, 4.69) is 4.98 Å². The number of aromatic carboxylic acids is 1. The minimum Gasteiger partial charge on any atom is -0.478 e. The molecular weight excluding hydrogens is 301 g/mol. The number of anilines is 1. The number of halogens is 3. The summed E-state index contributed by atoms with van der Waals surface area (Å²) in [5.74, 6) is -2.43. The number of carboxylic acids is 1. The van der Waals surface area contributed by atoms with Crippen LogP contribution in [0.25, 0.3) is 0 Å². The molecule has 5 nitrogen and oxygen atoms in total. The van der Waals surface area contributed by atoms with Gasteiger partial charge in [-0.2, -0.15) is 13.2 Å². The first-order valence-electron chi connectivity index (χ1n) is 5.96. The Kier molecular flexibility index (Phi) is 4.11. The van der Waals surface area contributed by atoms with Crippen LogP contribution in [0.15, 0.2) is 42.6 Å². The number of benzene rings is 1. The molecule has 8 heteroatoms. The lowest BCUT2D eigenvalue weighted by molar-refractivity contribution is -0.136. The highest BCUT2D eigenvalue weighted by Gasteiger charge is 2.33. The predicted octanol–water partition coefficient (Wildman–Crippen LogP) is 3.05. The summed E-state index contributed by atoms with van der Waals surface area (Å²) in [5.41, 5.74) is -2.37. The largest absolute Gasteiger partial charge is 0.478 e. The first-order chi connectivity index (χ1) is 10.3. The fourth-order valence-electron chi connectivity index (χ4n) is 1.78. The van der Waals surface area contributed by atoms with E-state index in [0.29, 0.717) is 0 Å². The van der Waals surface area contributed by atoms with Crippen LogP contribution in [-0.2, 0) is 6.18 Å². The maximum Gasteiger partial charge on any atom is 0.418 e. The second kappa shape index (κ2) is 5.84. The van der Waals surface area contributed by atoms with Crippen molar-refractivity contribution in [3.05, 3.63) is 59.4 Å². The van der Waals surface area contributed by atoms with Crippen LogP contribution in [0.1, 0.15) is 26.4 Å². The Hall–Kier alpha value is -2.90. The fourth-order valence-corrected chi connectivity index (χ4v) is 1.78. The standard InChI is InChI=1S/C14H9F3N2O3/c15-14(16,17)9-5-1-2-6-10(9)19-12(20)11-8(13(21)22)4-3-7-18-11/h1-7H,(H,19,20)(H,21,22). The van der Waals surface area contributed by atoms with Crippen LogP contribution in [0.3, 0.4) is 0 Å². The molecule has 0 saturated heterocycles. The molecule has 0 fully saturated rings. The molecule has 0 radical (unpaired) electrons. The third-order valence-corrected chi connectivity index (χ3v) is 2.73. The molecule has 1 aromatic heterocycles. The SMILES string of the molecule is O=C(O)c1cccnc1C(=O)Nc1ccccc1C(F)(F)F. The van der Waals surface area contributed by atoms with Gasteiger partial charge >= 0.3 is 12.1 Å². The lowest BCUT2D eigenvalue weighted by Gasteiger charge is -2.13. The van der Waals surface area contributed by atoms with Crippen LogP contribution in [0.5, 0.6) is 0 Å². The van der Waals surface area contributed by atoms with E-state index in [0.717, 1.165) is 18.2 Å². The maximum absolute atomic E-state index is 12.8. The van der Waals surface area contributed by atoms with E-state index < -0.39 is 40.6 Å². The van der Waals surface area contributed by atoms with E-state index in [-0.39, 0.29) is 0 Å².